The highest BCUT2D eigenvalue weighted by molar-refractivity contribution is 7.90. The van der Waals surface area contributed by atoms with Gasteiger partial charge in [-0.1, -0.05) is 24.3 Å². The van der Waals surface area contributed by atoms with Gasteiger partial charge in [-0.15, -0.1) is 0 Å². The fraction of sp³-hybridized carbons (Fsp3) is 0.231. The van der Waals surface area contributed by atoms with Gasteiger partial charge in [0.1, 0.15) is 6.29 Å². The summed E-state index contributed by atoms with van der Waals surface area (Å²) in [5, 5.41) is 1.23. The van der Waals surface area contributed by atoms with Gasteiger partial charge in [-0.2, -0.15) is 4.72 Å². The summed E-state index contributed by atoms with van der Waals surface area (Å²) in [6.07, 6.45) is -0.931. The number of benzene rings is 2. The molecule has 0 unspecified atom stereocenters. The van der Waals surface area contributed by atoms with Crippen LogP contribution in [0.25, 0.3) is 10.8 Å². The van der Waals surface area contributed by atoms with Gasteiger partial charge in [-0.3, -0.25) is 4.57 Å². The van der Waals surface area contributed by atoms with Crippen molar-refractivity contribution in [2.45, 2.75) is 4.90 Å². The van der Waals surface area contributed by atoms with Crippen molar-refractivity contribution in [2.75, 3.05) is 25.3 Å². The van der Waals surface area contributed by atoms with Crippen molar-refractivity contribution in [3.8, 4) is 0 Å². The zero-order valence-electron chi connectivity index (χ0n) is 12.1. The standard InChI is InChI=1S/C13H17N2O5PS/c1-15(2)12-7-3-6-11-10(12)5-4-8-13(11)22(19,20)14-9-21(16,17)18/h3-8,14H,9H2,1-2H3,(H2,16,17,18). The van der Waals surface area contributed by atoms with Crippen molar-refractivity contribution < 1.29 is 22.8 Å². The normalized spacial score (nSPS) is 12.5. The number of hydrogen-bond acceptors (Lipinski definition) is 4. The highest BCUT2D eigenvalue weighted by atomic mass is 32.2. The molecule has 0 fully saturated rings. The third-order valence-electron chi connectivity index (χ3n) is 3.09. The number of fused-ring (bicyclic) bond motifs is 1. The maximum absolute atomic E-state index is 12.3. The van der Waals surface area contributed by atoms with E-state index in [4.69, 9.17) is 9.79 Å². The summed E-state index contributed by atoms with van der Waals surface area (Å²) in [5.74, 6) is 0. The molecule has 0 aliphatic rings. The molecule has 9 heteroatoms. The van der Waals surface area contributed by atoms with Crippen LogP contribution in [0.2, 0.25) is 0 Å². The monoisotopic (exact) mass is 344 g/mol. The molecule has 0 saturated heterocycles. The molecule has 2 rings (SSSR count). The Morgan fingerprint density at radius 2 is 1.68 bits per heavy atom. The summed E-state index contributed by atoms with van der Waals surface area (Å²) in [7, 11) is -4.79. The Balaban J connectivity index is 2.57. The van der Waals surface area contributed by atoms with E-state index in [1.165, 1.54) is 6.07 Å². The summed E-state index contributed by atoms with van der Waals surface area (Å²) in [6.45, 7) is 0. The van der Waals surface area contributed by atoms with Crippen molar-refractivity contribution in [3.63, 3.8) is 0 Å². The lowest BCUT2D eigenvalue weighted by Crippen LogP contribution is -2.25. The lowest BCUT2D eigenvalue weighted by atomic mass is 10.1. The van der Waals surface area contributed by atoms with E-state index in [0.717, 1.165) is 11.1 Å². The molecule has 0 heterocycles. The third-order valence-corrected chi connectivity index (χ3v) is 5.33. The largest absolute Gasteiger partial charge is 0.377 e. The van der Waals surface area contributed by atoms with Crippen LogP contribution < -0.4 is 9.62 Å². The summed E-state index contributed by atoms with van der Waals surface area (Å²) >= 11 is 0. The zero-order chi connectivity index (χ0) is 16.5. The van der Waals surface area contributed by atoms with Crippen LogP contribution in [0.5, 0.6) is 0 Å². The number of sulfonamides is 1. The Morgan fingerprint density at radius 1 is 1.09 bits per heavy atom. The number of rotatable bonds is 5. The first-order chi connectivity index (χ1) is 10.1. The summed E-state index contributed by atoms with van der Waals surface area (Å²) in [4.78, 5) is 19.5. The van der Waals surface area contributed by atoms with E-state index in [1.54, 1.807) is 24.3 Å². The van der Waals surface area contributed by atoms with Crippen LogP contribution in [-0.4, -0.2) is 38.6 Å². The quantitative estimate of drug-likeness (QED) is 0.706. The molecule has 2 aromatic carbocycles. The SMILES string of the molecule is CN(C)c1cccc2c(S(=O)(=O)NCP(=O)(O)O)cccc12. The maximum Gasteiger partial charge on any atom is 0.340 e. The average molecular weight is 344 g/mol. The van der Waals surface area contributed by atoms with E-state index in [-0.39, 0.29) is 4.90 Å². The van der Waals surface area contributed by atoms with Gasteiger partial charge in [0, 0.05) is 30.6 Å². The van der Waals surface area contributed by atoms with Crippen molar-refractivity contribution in [3.05, 3.63) is 36.4 Å². The second kappa shape index (κ2) is 5.98. The van der Waals surface area contributed by atoms with Gasteiger partial charge in [0.25, 0.3) is 0 Å². The summed E-state index contributed by atoms with van der Waals surface area (Å²) < 4.78 is 37.4. The maximum atomic E-state index is 12.3. The molecule has 2 aromatic rings. The van der Waals surface area contributed by atoms with Crippen LogP contribution in [0.1, 0.15) is 0 Å². The molecule has 0 aliphatic heterocycles. The second-order valence-corrected chi connectivity index (χ2v) is 8.37. The van der Waals surface area contributed by atoms with Gasteiger partial charge in [0.05, 0.1) is 4.90 Å². The number of nitrogens with zero attached hydrogens (tertiary/aromatic N) is 1. The van der Waals surface area contributed by atoms with Gasteiger partial charge in [0.2, 0.25) is 10.0 Å². The molecule has 0 bridgehead atoms. The van der Waals surface area contributed by atoms with Crippen LogP contribution in [0, 0.1) is 0 Å². The van der Waals surface area contributed by atoms with Crippen molar-refractivity contribution in [1.29, 1.82) is 0 Å². The zero-order valence-corrected chi connectivity index (χ0v) is 13.8. The Kier molecular flexibility index (Phi) is 4.60. The molecular formula is C13H17N2O5PS. The van der Waals surface area contributed by atoms with E-state index in [9.17, 15) is 13.0 Å². The van der Waals surface area contributed by atoms with E-state index in [0.29, 0.717) is 5.39 Å². The Bertz CT molecular complexity index is 845. The van der Waals surface area contributed by atoms with E-state index in [2.05, 4.69) is 0 Å². The molecule has 0 aliphatic carbocycles. The van der Waals surface area contributed by atoms with Gasteiger partial charge in [-0.05, 0) is 12.1 Å². The summed E-state index contributed by atoms with van der Waals surface area (Å²) in [5.41, 5.74) is 0.851. The lowest BCUT2D eigenvalue weighted by molar-refractivity contribution is 0.371. The van der Waals surface area contributed by atoms with Crippen LogP contribution in [-0.2, 0) is 14.6 Å². The van der Waals surface area contributed by atoms with E-state index < -0.39 is 23.9 Å². The Hall–Kier alpha value is -1.44. The molecule has 3 N–H and O–H groups in total. The first-order valence-electron chi connectivity index (χ1n) is 6.35. The smallest absolute Gasteiger partial charge is 0.340 e. The van der Waals surface area contributed by atoms with Gasteiger partial charge >= 0.3 is 7.60 Å². The van der Waals surface area contributed by atoms with Crippen LogP contribution >= 0.6 is 7.60 Å². The number of anilines is 1. The fourth-order valence-electron chi connectivity index (χ4n) is 2.14. The van der Waals surface area contributed by atoms with Crippen molar-refractivity contribution in [1.82, 2.24) is 4.72 Å². The molecule has 22 heavy (non-hydrogen) atoms. The summed E-state index contributed by atoms with van der Waals surface area (Å²) in [6, 6.07) is 10.1. The predicted octanol–water partition coefficient (Wildman–Crippen LogP) is 1.32. The predicted molar refractivity (Wildman–Crippen MR) is 85.5 cm³/mol. The molecular weight excluding hydrogens is 327 g/mol. The first kappa shape index (κ1) is 16.9. The minimum atomic E-state index is -4.47. The Labute approximate surface area is 128 Å². The minimum Gasteiger partial charge on any atom is -0.377 e. The number of hydrogen-bond donors (Lipinski definition) is 3. The van der Waals surface area contributed by atoms with Crippen LogP contribution in [0.4, 0.5) is 5.69 Å². The molecule has 0 atom stereocenters. The van der Waals surface area contributed by atoms with Gasteiger partial charge in [-0.25, -0.2) is 8.42 Å². The number of nitrogens with one attached hydrogen (secondary N) is 1. The molecule has 0 spiro atoms. The molecule has 0 amide bonds. The third kappa shape index (κ3) is 3.66. The van der Waals surface area contributed by atoms with Crippen molar-refractivity contribution >= 4 is 34.1 Å². The highest BCUT2D eigenvalue weighted by Crippen LogP contribution is 2.34. The highest BCUT2D eigenvalue weighted by Gasteiger charge is 2.22. The van der Waals surface area contributed by atoms with E-state index >= 15 is 0 Å². The van der Waals surface area contributed by atoms with E-state index in [1.807, 2.05) is 29.8 Å². The molecule has 7 nitrogen and oxygen atoms in total. The molecule has 0 radical (unpaired) electrons. The molecule has 0 saturated carbocycles. The lowest BCUT2D eigenvalue weighted by Gasteiger charge is -2.17. The Morgan fingerprint density at radius 3 is 2.27 bits per heavy atom. The average Bonchev–Trinajstić information content (AvgIpc) is 2.43. The van der Waals surface area contributed by atoms with Crippen LogP contribution in [0.15, 0.2) is 41.3 Å². The van der Waals surface area contributed by atoms with Crippen LogP contribution in [0.3, 0.4) is 0 Å². The minimum absolute atomic E-state index is 0.0119. The molecule has 120 valence electrons. The van der Waals surface area contributed by atoms with Gasteiger partial charge < -0.3 is 14.7 Å². The fourth-order valence-corrected chi connectivity index (χ4v) is 4.37. The van der Waals surface area contributed by atoms with Gasteiger partial charge in [0.15, 0.2) is 0 Å². The van der Waals surface area contributed by atoms with Crippen molar-refractivity contribution in [2.24, 2.45) is 0 Å². The molecule has 0 aromatic heterocycles. The topological polar surface area (TPSA) is 107 Å². The first-order valence-corrected chi connectivity index (χ1v) is 9.63. The second-order valence-electron chi connectivity index (χ2n) is 4.99.